The van der Waals surface area contributed by atoms with E-state index in [2.05, 4.69) is 10.6 Å². The number of rotatable bonds is 2. The lowest BCUT2D eigenvalue weighted by Crippen LogP contribution is -2.50. The monoisotopic (exact) mass is 197 g/mol. The lowest BCUT2D eigenvalue weighted by molar-refractivity contribution is -0.132. The third kappa shape index (κ3) is 2.45. The molecule has 0 spiro atoms. The first kappa shape index (κ1) is 9.93. The molecule has 0 aromatic carbocycles. The van der Waals surface area contributed by atoms with E-state index in [-0.39, 0.29) is 5.91 Å². The Labute approximate surface area is 85.0 Å². The first-order chi connectivity index (χ1) is 6.86. The minimum absolute atomic E-state index is 0.266. The lowest BCUT2D eigenvalue weighted by atomic mass is 9.99. The summed E-state index contributed by atoms with van der Waals surface area (Å²) >= 11 is 0. The van der Waals surface area contributed by atoms with Crippen molar-refractivity contribution in [3.05, 3.63) is 0 Å². The summed E-state index contributed by atoms with van der Waals surface area (Å²) in [6.07, 6.45) is 2.52. The Kier molecular flexibility index (Phi) is 3.37. The Balaban J connectivity index is 1.79. The molecule has 0 aromatic rings. The number of amides is 1. The average Bonchev–Trinajstić information content (AvgIpc) is 2.23. The van der Waals surface area contributed by atoms with Crippen LogP contribution in [0.15, 0.2) is 0 Å². The van der Waals surface area contributed by atoms with Crippen molar-refractivity contribution >= 4 is 5.91 Å². The molecule has 2 saturated heterocycles. The van der Waals surface area contributed by atoms with Crippen molar-refractivity contribution in [3.63, 3.8) is 0 Å². The van der Waals surface area contributed by atoms with Gasteiger partial charge in [0.15, 0.2) is 0 Å². The number of piperazine rings is 1. The van der Waals surface area contributed by atoms with Crippen molar-refractivity contribution in [1.29, 1.82) is 0 Å². The van der Waals surface area contributed by atoms with Crippen molar-refractivity contribution in [2.75, 3.05) is 39.3 Å². The number of hydrogen-bond acceptors (Lipinski definition) is 3. The van der Waals surface area contributed by atoms with E-state index in [1.165, 1.54) is 12.8 Å². The van der Waals surface area contributed by atoms with Gasteiger partial charge in [-0.1, -0.05) is 0 Å². The number of nitrogens with one attached hydrogen (secondary N) is 2. The molecule has 14 heavy (non-hydrogen) atoms. The summed E-state index contributed by atoms with van der Waals surface area (Å²) < 4.78 is 0. The minimum atomic E-state index is 0.266. The first-order valence-electron chi connectivity index (χ1n) is 5.55. The van der Waals surface area contributed by atoms with Crippen molar-refractivity contribution < 1.29 is 4.79 Å². The summed E-state index contributed by atoms with van der Waals surface area (Å²) in [6.45, 7) is 5.54. The standard InChI is InChI=1S/C10H19N3O/c14-10-7-12-4-5-13(10)8-9-2-1-3-11-6-9/h9,11-12H,1-8H2. The van der Waals surface area contributed by atoms with E-state index in [9.17, 15) is 4.79 Å². The normalized spacial score (nSPS) is 29.3. The summed E-state index contributed by atoms with van der Waals surface area (Å²) in [5.74, 6) is 0.938. The van der Waals surface area contributed by atoms with Crippen LogP contribution in [-0.2, 0) is 4.79 Å². The summed E-state index contributed by atoms with van der Waals surface area (Å²) in [6, 6.07) is 0. The number of hydrogen-bond donors (Lipinski definition) is 2. The van der Waals surface area contributed by atoms with Gasteiger partial charge in [-0.25, -0.2) is 0 Å². The molecule has 0 saturated carbocycles. The summed E-state index contributed by atoms with van der Waals surface area (Å²) in [5.41, 5.74) is 0. The second-order valence-electron chi connectivity index (χ2n) is 4.23. The van der Waals surface area contributed by atoms with Gasteiger partial charge < -0.3 is 15.5 Å². The van der Waals surface area contributed by atoms with Gasteiger partial charge >= 0.3 is 0 Å². The van der Waals surface area contributed by atoms with E-state index >= 15 is 0 Å². The Hall–Kier alpha value is -0.610. The van der Waals surface area contributed by atoms with Crippen LogP contribution in [0.2, 0.25) is 0 Å². The third-order valence-electron chi connectivity index (χ3n) is 3.06. The van der Waals surface area contributed by atoms with Gasteiger partial charge in [0.05, 0.1) is 6.54 Å². The summed E-state index contributed by atoms with van der Waals surface area (Å²) in [4.78, 5) is 13.5. The lowest BCUT2D eigenvalue weighted by Gasteiger charge is -2.32. The maximum Gasteiger partial charge on any atom is 0.236 e. The predicted molar refractivity (Wildman–Crippen MR) is 55.0 cm³/mol. The smallest absolute Gasteiger partial charge is 0.236 e. The SMILES string of the molecule is O=C1CNCCN1CC1CCCNC1. The molecule has 0 aromatic heterocycles. The second-order valence-corrected chi connectivity index (χ2v) is 4.23. The topological polar surface area (TPSA) is 44.4 Å². The zero-order chi connectivity index (χ0) is 9.80. The third-order valence-corrected chi connectivity index (χ3v) is 3.06. The van der Waals surface area contributed by atoms with Crippen LogP contribution in [0.3, 0.4) is 0 Å². The Bertz CT molecular complexity index is 202. The van der Waals surface area contributed by atoms with Crippen molar-refractivity contribution in [3.8, 4) is 0 Å². The molecular weight excluding hydrogens is 178 g/mol. The van der Waals surface area contributed by atoms with Crippen LogP contribution < -0.4 is 10.6 Å². The van der Waals surface area contributed by atoms with Crippen LogP contribution in [0.1, 0.15) is 12.8 Å². The maximum absolute atomic E-state index is 11.5. The molecular formula is C10H19N3O. The number of nitrogens with zero attached hydrogens (tertiary/aromatic N) is 1. The zero-order valence-corrected chi connectivity index (χ0v) is 8.59. The fourth-order valence-electron chi connectivity index (χ4n) is 2.23. The molecule has 2 N–H and O–H groups in total. The summed E-state index contributed by atoms with van der Waals surface area (Å²) in [5, 5.41) is 6.48. The fraction of sp³-hybridized carbons (Fsp3) is 0.900. The Morgan fingerprint density at radius 1 is 1.36 bits per heavy atom. The zero-order valence-electron chi connectivity index (χ0n) is 8.59. The fourth-order valence-corrected chi connectivity index (χ4v) is 2.23. The molecule has 4 heteroatoms. The molecule has 0 bridgehead atoms. The van der Waals surface area contributed by atoms with E-state index < -0.39 is 0 Å². The maximum atomic E-state index is 11.5. The predicted octanol–water partition coefficient (Wildman–Crippen LogP) is -0.582. The number of carbonyl (C=O) groups excluding carboxylic acids is 1. The quantitative estimate of drug-likeness (QED) is 0.622. The van der Waals surface area contributed by atoms with Gasteiger partial charge in [0, 0.05) is 19.6 Å². The van der Waals surface area contributed by atoms with Gasteiger partial charge in [-0.2, -0.15) is 0 Å². The van der Waals surface area contributed by atoms with Crippen LogP contribution in [0.25, 0.3) is 0 Å². The van der Waals surface area contributed by atoms with Crippen LogP contribution >= 0.6 is 0 Å². The molecule has 2 heterocycles. The van der Waals surface area contributed by atoms with Crippen molar-refractivity contribution in [1.82, 2.24) is 15.5 Å². The molecule has 2 aliphatic heterocycles. The van der Waals surface area contributed by atoms with E-state index in [0.29, 0.717) is 12.5 Å². The molecule has 1 atom stereocenters. The Morgan fingerprint density at radius 2 is 2.29 bits per heavy atom. The first-order valence-corrected chi connectivity index (χ1v) is 5.55. The highest BCUT2D eigenvalue weighted by atomic mass is 16.2. The molecule has 1 unspecified atom stereocenters. The van der Waals surface area contributed by atoms with E-state index in [4.69, 9.17) is 0 Å². The molecule has 0 aliphatic carbocycles. The minimum Gasteiger partial charge on any atom is -0.340 e. The highest BCUT2D eigenvalue weighted by molar-refractivity contribution is 5.78. The Morgan fingerprint density at radius 3 is 3.00 bits per heavy atom. The molecule has 2 rings (SSSR count). The van der Waals surface area contributed by atoms with Gasteiger partial charge in [-0.3, -0.25) is 4.79 Å². The largest absolute Gasteiger partial charge is 0.340 e. The van der Waals surface area contributed by atoms with Crippen LogP contribution in [-0.4, -0.2) is 50.1 Å². The van der Waals surface area contributed by atoms with Crippen molar-refractivity contribution in [2.45, 2.75) is 12.8 Å². The van der Waals surface area contributed by atoms with E-state index in [0.717, 1.165) is 32.7 Å². The van der Waals surface area contributed by atoms with Gasteiger partial charge in [-0.05, 0) is 31.8 Å². The molecule has 80 valence electrons. The highest BCUT2D eigenvalue weighted by Gasteiger charge is 2.22. The van der Waals surface area contributed by atoms with E-state index in [1.807, 2.05) is 4.90 Å². The molecule has 2 fully saturated rings. The van der Waals surface area contributed by atoms with Crippen LogP contribution in [0.5, 0.6) is 0 Å². The molecule has 4 nitrogen and oxygen atoms in total. The highest BCUT2D eigenvalue weighted by Crippen LogP contribution is 2.12. The van der Waals surface area contributed by atoms with Crippen LogP contribution in [0, 0.1) is 5.92 Å². The number of piperidine rings is 1. The molecule has 2 aliphatic rings. The van der Waals surface area contributed by atoms with Crippen LogP contribution in [0.4, 0.5) is 0 Å². The van der Waals surface area contributed by atoms with Gasteiger partial charge in [0.2, 0.25) is 5.91 Å². The molecule has 0 radical (unpaired) electrons. The second kappa shape index (κ2) is 4.75. The summed E-state index contributed by atoms with van der Waals surface area (Å²) in [7, 11) is 0. The van der Waals surface area contributed by atoms with Gasteiger partial charge in [-0.15, -0.1) is 0 Å². The van der Waals surface area contributed by atoms with Gasteiger partial charge in [0.25, 0.3) is 0 Å². The van der Waals surface area contributed by atoms with E-state index in [1.54, 1.807) is 0 Å². The average molecular weight is 197 g/mol. The molecule has 1 amide bonds. The number of carbonyl (C=O) groups is 1. The van der Waals surface area contributed by atoms with Crippen molar-refractivity contribution in [2.24, 2.45) is 5.92 Å². The van der Waals surface area contributed by atoms with Gasteiger partial charge in [0.1, 0.15) is 0 Å².